The Labute approximate surface area is 144 Å². The van der Waals surface area contributed by atoms with Crippen molar-refractivity contribution in [2.45, 2.75) is 6.18 Å². The van der Waals surface area contributed by atoms with Crippen molar-refractivity contribution in [2.24, 2.45) is 0 Å². The van der Waals surface area contributed by atoms with Crippen LogP contribution in [0, 0.1) is 0 Å². The average molecular weight is 368 g/mol. The number of benzene rings is 2. The third-order valence-electron chi connectivity index (χ3n) is 3.43. The molecule has 25 heavy (non-hydrogen) atoms. The fourth-order valence-corrected chi connectivity index (χ4v) is 2.49. The van der Waals surface area contributed by atoms with Crippen molar-refractivity contribution in [3.05, 3.63) is 64.8 Å². The highest BCUT2D eigenvalue weighted by atomic mass is 35.5. The number of hydrogen-bond acceptors (Lipinski definition) is 3. The Hall–Kier alpha value is -2.87. The third-order valence-corrected chi connectivity index (χ3v) is 3.68. The van der Waals surface area contributed by atoms with Crippen LogP contribution in [0.15, 0.2) is 48.5 Å². The summed E-state index contributed by atoms with van der Waals surface area (Å²) in [5, 5.41) is 16.9. The molecule has 3 aromatic rings. The van der Waals surface area contributed by atoms with Gasteiger partial charge in [-0.25, -0.2) is 9.48 Å². The van der Waals surface area contributed by atoms with E-state index in [1.807, 2.05) is 0 Å². The van der Waals surface area contributed by atoms with E-state index in [1.165, 1.54) is 42.5 Å². The van der Waals surface area contributed by atoms with Gasteiger partial charge in [-0.2, -0.15) is 13.2 Å². The van der Waals surface area contributed by atoms with Gasteiger partial charge in [0.25, 0.3) is 0 Å². The quantitative estimate of drug-likeness (QED) is 0.749. The summed E-state index contributed by atoms with van der Waals surface area (Å²) in [7, 11) is 0. The molecule has 0 radical (unpaired) electrons. The van der Waals surface area contributed by atoms with Gasteiger partial charge >= 0.3 is 12.1 Å². The van der Waals surface area contributed by atoms with Gasteiger partial charge in [-0.1, -0.05) is 41.1 Å². The molecule has 1 N–H and O–H groups in total. The molecule has 3 rings (SSSR count). The number of hydrogen-bond donors (Lipinski definition) is 1. The number of aromatic carboxylic acids is 1. The van der Waals surface area contributed by atoms with E-state index < -0.39 is 23.4 Å². The molecule has 0 bridgehead atoms. The lowest BCUT2D eigenvalue weighted by atomic mass is 10.1. The zero-order valence-corrected chi connectivity index (χ0v) is 13.1. The van der Waals surface area contributed by atoms with Crippen molar-refractivity contribution in [1.82, 2.24) is 15.0 Å². The largest absolute Gasteiger partial charge is 0.476 e. The van der Waals surface area contributed by atoms with E-state index in [2.05, 4.69) is 10.3 Å². The summed E-state index contributed by atoms with van der Waals surface area (Å²) >= 11 is 5.81. The summed E-state index contributed by atoms with van der Waals surface area (Å²) in [5.41, 5.74) is -1.48. The monoisotopic (exact) mass is 367 g/mol. The Morgan fingerprint density at radius 1 is 1.08 bits per heavy atom. The summed E-state index contributed by atoms with van der Waals surface area (Å²) in [6.07, 6.45) is -4.64. The molecule has 1 aromatic heterocycles. The molecule has 0 spiro atoms. The van der Waals surface area contributed by atoms with Crippen LogP contribution >= 0.6 is 11.6 Å². The van der Waals surface area contributed by atoms with Crippen molar-refractivity contribution in [3.8, 4) is 16.9 Å². The Kier molecular flexibility index (Phi) is 4.22. The molecule has 0 aliphatic rings. The Morgan fingerprint density at radius 3 is 2.32 bits per heavy atom. The minimum absolute atomic E-state index is 0.0686. The zero-order chi connectivity index (χ0) is 18.2. The standard InChI is InChI=1S/C16H9ClF3N3O2/c17-10-7-5-9(6-8-10)14-13(15(24)25)21-22-23(14)12-4-2-1-3-11(12)16(18,19)20/h1-8H,(H,24,25). The normalized spacial score (nSPS) is 11.5. The van der Waals surface area contributed by atoms with Crippen molar-refractivity contribution in [1.29, 1.82) is 0 Å². The van der Waals surface area contributed by atoms with Gasteiger partial charge in [-0.05, 0) is 24.3 Å². The van der Waals surface area contributed by atoms with Crippen LogP contribution in [-0.4, -0.2) is 26.1 Å². The predicted molar refractivity (Wildman–Crippen MR) is 83.8 cm³/mol. The molecule has 0 atom stereocenters. The molecule has 0 amide bonds. The zero-order valence-electron chi connectivity index (χ0n) is 12.3. The second kappa shape index (κ2) is 6.21. The van der Waals surface area contributed by atoms with E-state index in [4.69, 9.17) is 11.6 Å². The van der Waals surface area contributed by atoms with Crippen molar-refractivity contribution < 1.29 is 23.1 Å². The van der Waals surface area contributed by atoms with Gasteiger partial charge in [0, 0.05) is 10.6 Å². The first kappa shape index (κ1) is 17.0. The molecule has 0 unspecified atom stereocenters. The Balaban J connectivity index is 2.29. The summed E-state index contributed by atoms with van der Waals surface area (Å²) in [6.45, 7) is 0. The van der Waals surface area contributed by atoms with Crippen LogP contribution in [0.4, 0.5) is 13.2 Å². The maximum atomic E-state index is 13.3. The van der Waals surface area contributed by atoms with Crippen LogP contribution in [0.5, 0.6) is 0 Å². The number of alkyl halides is 3. The average Bonchev–Trinajstić information content (AvgIpc) is 3.00. The number of carbonyl (C=O) groups is 1. The van der Waals surface area contributed by atoms with Gasteiger partial charge in [0.15, 0.2) is 5.69 Å². The van der Waals surface area contributed by atoms with Gasteiger partial charge in [0.05, 0.1) is 11.3 Å². The first-order valence-electron chi connectivity index (χ1n) is 6.90. The molecule has 2 aromatic carbocycles. The lowest BCUT2D eigenvalue weighted by Crippen LogP contribution is -2.12. The fourth-order valence-electron chi connectivity index (χ4n) is 2.36. The number of nitrogens with zero attached hydrogens (tertiary/aromatic N) is 3. The molecule has 0 aliphatic heterocycles. The number of halogens is 4. The molecule has 0 aliphatic carbocycles. The highest BCUT2D eigenvalue weighted by Crippen LogP contribution is 2.35. The molecule has 128 valence electrons. The van der Waals surface area contributed by atoms with Gasteiger partial charge in [0.2, 0.25) is 0 Å². The van der Waals surface area contributed by atoms with E-state index in [0.29, 0.717) is 10.6 Å². The molecule has 5 nitrogen and oxygen atoms in total. The topological polar surface area (TPSA) is 68.0 Å². The maximum absolute atomic E-state index is 13.3. The van der Waals surface area contributed by atoms with Gasteiger partial charge in [-0.15, -0.1) is 5.10 Å². The van der Waals surface area contributed by atoms with Gasteiger partial charge in [-0.3, -0.25) is 0 Å². The van der Waals surface area contributed by atoms with Crippen LogP contribution in [0.3, 0.4) is 0 Å². The fraction of sp³-hybridized carbons (Fsp3) is 0.0625. The molecule has 0 saturated heterocycles. The van der Waals surface area contributed by atoms with Crippen molar-refractivity contribution >= 4 is 17.6 Å². The number of para-hydroxylation sites is 1. The number of carboxylic acid groups (broad SMARTS) is 1. The molecule has 0 saturated carbocycles. The first-order chi connectivity index (χ1) is 11.8. The SMILES string of the molecule is O=C(O)c1nnn(-c2ccccc2C(F)(F)F)c1-c1ccc(Cl)cc1. The van der Waals surface area contributed by atoms with Crippen LogP contribution in [0.25, 0.3) is 16.9 Å². The molecule has 9 heteroatoms. The summed E-state index contributed by atoms with van der Waals surface area (Å²) in [6, 6.07) is 10.7. The van der Waals surface area contributed by atoms with Crippen LogP contribution in [-0.2, 0) is 6.18 Å². The third kappa shape index (κ3) is 3.20. The molecule has 0 fully saturated rings. The highest BCUT2D eigenvalue weighted by molar-refractivity contribution is 6.30. The van der Waals surface area contributed by atoms with Crippen molar-refractivity contribution in [3.63, 3.8) is 0 Å². The van der Waals surface area contributed by atoms with E-state index in [1.54, 1.807) is 0 Å². The van der Waals surface area contributed by atoms with Crippen LogP contribution in [0.1, 0.15) is 16.1 Å². The molecule has 1 heterocycles. The van der Waals surface area contributed by atoms with Crippen molar-refractivity contribution in [2.75, 3.05) is 0 Å². The summed E-state index contributed by atoms with van der Waals surface area (Å²) in [5.74, 6) is -1.40. The minimum Gasteiger partial charge on any atom is -0.476 e. The summed E-state index contributed by atoms with van der Waals surface area (Å²) in [4.78, 5) is 11.4. The first-order valence-corrected chi connectivity index (χ1v) is 7.28. The van der Waals surface area contributed by atoms with Crippen LogP contribution < -0.4 is 0 Å². The predicted octanol–water partition coefficient (Wildman–Crippen LogP) is 4.30. The van der Waals surface area contributed by atoms with E-state index in [0.717, 1.165) is 10.7 Å². The maximum Gasteiger partial charge on any atom is 0.418 e. The number of rotatable bonds is 3. The molecular formula is C16H9ClF3N3O2. The summed E-state index contributed by atoms with van der Waals surface area (Å²) < 4.78 is 40.7. The molecular weight excluding hydrogens is 359 g/mol. The minimum atomic E-state index is -4.64. The lowest BCUT2D eigenvalue weighted by molar-refractivity contribution is -0.137. The second-order valence-electron chi connectivity index (χ2n) is 5.03. The van der Waals surface area contributed by atoms with E-state index in [9.17, 15) is 23.1 Å². The lowest BCUT2D eigenvalue weighted by Gasteiger charge is -2.14. The van der Waals surface area contributed by atoms with E-state index in [-0.39, 0.29) is 11.4 Å². The number of carboxylic acids is 1. The Bertz CT molecular complexity index is 937. The highest BCUT2D eigenvalue weighted by Gasteiger charge is 2.35. The Morgan fingerprint density at radius 2 is 1.72 bits per heavy atom. The van der Waals surface area contributed by atoms with Gasteiger partial charge in [0.1, 0.15) is 5.69 Å². The van der Waals surface area contributed by atoms with Gasteiger partial charge < -0.3 is 5.11 Å². The van der Waals surface area contributed by atoms with E-state index >= 15 is 0 Å². The number of aromatic nitrogens is 3. The van der Waals surface area contributed by atoms with Crippen LogP contribution in [0.2, 0.25) is 5.02 Å². The second-order valence-corrected chi connectivity index (χ2v) is 5.46. The smallest absolute Gasteiger partial charge is 0.418 e.